The number of rotatable bonds is 7. The van der Waals surface area contributed by atoms with E-state index in [0.29, 0.717) is 18.7 Å². The molecule has 30 heavy (non-hydrogen) atoms. The molecule has 1 heterocycles. The molecule has 1 aromatic heterocycles. The first-order valence-corrected chi connectivity index (χ1v) is 10.4. The Morgan fingerprint density at radius 1 is 1.10 bits per heavy atom. The Hall–Kier alpha value is -3.45. The van der Waals surface area contributed by atoms with Crippen molar-refractivity contribution in [1.29, 1.82) is 0 Å². The number of hydrogen-bond donors (Lipinski definition) is 1. The van der Waals surface area contributed by atoms with Crippen molar-refractivity contribution >= 4 is 29.5 Å². The second-order valence-corrected chi connectivity index (χ2v) is 7.67. The molecule has 0 spiro atoms. The third kappa shape index (κ3) is 4.26. The van der Waals surface area contributed by atoms with Crippen molar-refractivity contribution in [3.8, 4) is 11.1 Å². The van der Waals surface area contributed by atoms with Crippen LogP contribution in [0.25, 0.3) is 17.2 Å². The van der Waals surface area contributed by atoms with E-state index in [4.69, 9.17) is 4.74 Å². The van der Waals surface area contributed by atoms with Gasteiger partial charge in [0.1, 0.15) is 17.6 Å². The van der Waals surface area contributed by atoms with Crippen molar-refractivity contribution in [2.45, 2.75) is 12.3 Å². The molecule has 1 N–H and O–H groups in total. The van der Waals surface area contributed by atoms with Gasteiger partial charge in [-0.25, -0.2) is 9.78 Å². The maximum Gasteiger partial charge on any atom is 0.407 e. The second-order valence-electron chi connectivity index (χ2n) is 6.81. The number of amides is 1. The van der Waals surface area contributed by atoms with Gasteiger partial charge < -0.3 is 20.0 Å². The molecule has 0 saturated carbocycles. The first-order chi connectivity index (χ1) is 14.6. The Kier molecular flexibility index (Phi) is 5.90. The summed E-state index contributed by atoms with van der Waals surface area (Å²) in [5.74, 6) is -1.25. The molecular formula is C23H19N2O4S-. The SMILES string of the molecule is O=C(NCCC=Cc1csc(C(=O)[O-])n1)OCC1c2ccccc2-c2ccccc21. The number of carboxylic acids is 1. The lowest BCUT2D eigenvalue weighted by molar-refractivity contribution is -0.255. The van der Waals surface area contributed by atoms with Crippen LogP contribution in [0.5, 0.6) is 0 Å². The van der Waals surface area contributed by atoms with Crippen LogP contribution in [0.4, 0.5) is 4.79 Å². The quantitative estimate of drug-likeness (QED) is 0.592. The minimum Gasteiger partial charge on any atom is -0.542 e. The molecule has 2 aromatic carbocycles. The average molecular weight is 419 g/mol. The van der Waals surface area contributed by atoms with Crippen molar-refractivity contribution in [2.24, 2.45) is 0 Å². The summed E-state index contributed by atoms with van der Waals surface area (Å²) in [6.45, 7) is 0.686. The lowest BCUT2D eigenvalue weighted by Gasteiger charge is -2.14. The summed E-state index contributed by atoms with van der Waals surface area (Å²) in [6.07, 6.45) is 3.64. The van der Waals surface area contributed by atoms with Crippen molar-refractivity contribution in [1.82, 2.24) is 10.3 Å². The van der Waals surface area contributed by atoms with Gasteiger partial charge >= 0.3 is 6.09 Å². The number of aromatic carboxylic acids is 1. The number of nitrogens with one attached hydrogen (secondary N) is 1. The van der Waals surface area contributed by atoms with Gasteiger partial charge in [-0.1, -0.05) is 54.6 Å². The standard InChI is InChI=1S/C23H20N2O4S/c26-22(27)21-25-15(14-30-21)7-5-6-12-24-23(28)29-13-20-18-10-3-1-8-16(18)17-9-2-4-11-19(17)20/h1-5,7-11,14,20H,6,12-13H2,(H,24,28)(H,26,27)/p-1. The van der Waals surface area contributed by atoms with Crippen LogP contribution in [-0.4, -0.2) is 30.2 Å². The molecule has 0 unspecified atom stereocenters. The van der Waals surface area contributed by atoms with E-state index in [9.17, 15) is 14.7 Å². The molecule has 7 heteroatoms. The van der Waals surface area contributed by atoms with Crippen LogP contribution in [0.1, 0.15) is 39.0 Å². The van der Waals surface area contributed by atoms with Crippen LogP contribution >= 0.6 is 11.3 Å². The van der Waals surface area contributed by atoms with Crippen LogP contribution in [0.3, 0.4) is 0 Å². The average Bonchev–Trinajstić information content (AvgIpc) is 3.35. The number of nitrogens with zero attached hydrogens (tertiary/aromatic N) is 1. The Morgan fingerprint density at radius 3 is 2.40 bits per heavy atom. The molecule has 1 amide bonds. The maximum absolute atomic E-state index is 12.1. The fraction of sp³-hybridized carbons (Fsp3) is 0.174. The number of benzene rings is 2. The van der Waals surface area contributed by atoms with Crippen LogP contribution in [0, 0.1) is 0 Å². The van der Waals surface area contributed by atoms with E-state index in [1.54, 1.807) is 11.5 Å². The number of ether oxygens (including phenoxy) is 1. The van der Waals surface area contributed by atoms with E-state index < -0.39 is 12.1 Å². The van der Waals surface area contributed by atoms with Gasteiger partial charge in [-0.3, -0.25) is 0 Å². The predicted molar refractivity (Wildman–Crippen MR) is 113 cm³/mol. The van der Waals surface area contributed by atoms with Gasteiger partial charge in [0, 0.05) is 17.8 Å². The summed E-state index contributed by atoms with van der Waals surface area (Å²) in [7, 11) is 0. The zero-order chi connectivity index (χ0) is 20.9. The van der Waals surface area contributed by atoms with Gasteiger partial charge in [-0.05, 0) is 34.8 Å². The van der Waals surface area contributed by atoms with E-state index in [0.717, 1.165) is 11.3 Å². The molecular weight excluding hydrogens is 400 g/mol. The Labute approximate surface area is 177 Å². The van der Waals surface area contributed by atoms with Gasteiger partial charge in [0.15, 0.2) is 0 Å². The number of aromatic nitrogens is 1. The minimum atomic E-state index is -1.28. The monoisotopic (exact) mass is 419 g/mol. The molecule has 1 aliphatic rings. The Morgan fingerprint density at radius 2 is 1.77 bits per heavy atom. The molecule has 0 radical (unpaired) electrons. The summed E-state index contributed by atoms with van der Waals surface area (Å²) in [6, 6.07) is 16.4. The van der Waals surface area contributed by atoms with Crippen molar-refractivity contribution in [2.75, 3.05) is 13.2 Å². The Bertz CT molecular complexity index is 1060. The first-order valence-electron chi connectivity index (χ1n) is 9.55. The van der Waals surface area contributed by atoms with Crippen molar-refractivity contribution in [3.05, 3.63) is 81.8 Å². The van der Waals surface area contributed by atoms with E-state index in [-0.39, 0.29) is 17.5 Å². The topological polar surface area (TPSA) is 91.4 Å². The van der Waals surface area contributed by atoms with Crippen molar-refractivity contribution in [3.63, 3.8) is 0 Å². The summed E-state index contributed by atoms with van der Waals surface area (Å²) in [5.41, 5.74) is 5.29. The van der Waals surface area contributed by atoms with Gasteiger partial charge in [0.25, 0.3) is 0 Å². The van der Waals surface area contributed by atoms with Crippen LogP contribution < -0.4 is 10.4 Å². The third-order valence-electron chi connectivity index (χ3n) is 4.91. The number of carbonyl (C=O) groups is 2. The van der Waals surface area contributed by atoms with E-state index in [1.165, 1.54) is 22.3 Å². The number of carbonyl (C=O) groups excluding carboxylic acids is 2. The molecule has 0 aliphatic heterocycles. The highest BCUT2D eigenvalue weighted by molar-refractivity contribution is 7.11. The molecule has 0 fully saturated rings. The third-order valence-corrected chi connectivity index (χ3v) is 5.75. The first kappa shape index (κ1) is 19.8. The zero-order valence-electron chi connectivity index (χ0n) is 16.0. The number of carboxylic acid groups (broad SMARTS) is 1. The highest BCUT2D eigenvalue weighted by Gasteiger charge is 2.28. The molecule has 0 bridgehead atoms. The summed E-state index contributed by atoms with van der Waals surface area (Å²) < 4.78 is 5.48. The maximum atomic E-state index is 12.1. The normalized spacial score (nSPS) is 12.5. The number of hydrogen-bond acceptors (Lipinski definition) is 6. The largest absolute Gasteiger partial charge is 0.542 e. The van der Waals surface area contributed by atoms with Crippen LogP contribution in [0.2, 0.25) is 0 Å². The smallest absolute Gasteiger partial charge is 0.407 e. The zero-order valence-corrected chi connectivity index (χ0v) is 16.9. The molecule has 0 atom stereocenters. The highest BCUT2D eigenvalue weighted by atomic mass is 32.1. The van der Waals surface area contributed by atoms with Gasteiger partial charge in [0.05, 0.1) is 5.69 Å². The number of thiazole rings is 1. The van der Waals surface area contributed by atoms with Crippen LogP contribution in [0.15, 0.2) is 60.0 Å². The Balaban J connectivity index is 1.26. The van der Waals surface area contributed by atoms with Gasteiger partial charge in [-0.15, -0.1) is 11.3 Å². The molecule has 4 rings (SSSR count). The van der Waals surface area contributed by atoms with Gasteiger partial charge in [0.2, 0.25) is 0 Å². The molecule has 0 saturated heterocycles. The summed E-state index contributed by atoms with van der Waals surface area (Å²) in [5, 5.41) is 15.0. The predicted octanol–water partition coefficient (Wildman–Crippen LogP) is 3.45. The minimum absolute atomic E-state index is 0.0330. The van der Waals surface area contributed by atoms with Gasteiger partial charge in [-0.2, -0.15) is 0 Å². The summed E-state index contributed by atoms with van der Waals surface area (Å²) >= 11 is 1.02. The highest BCUT2D eigenvalue weighted by Crippen LogP contribution is 2.44. The fourth-order valence-electron chi connectivity index (χ4n) is 3.57. The van der Waals surface area contributed by atoms with Crippen molar-refractivity contribution < 1.29 is 19.4 Å². The number of alkyl carbamates (subject to hydrolysis) is 1. The van der Waals surface area contributed by atoms with Crippen LogP contribution in [-0.2, 0) is 4.74 Å². The lowest BCUT2D eigenvalue weighted by atomic mass is 9.98. The summed E-state index contributed by atoms with van der Waals surface area (Å²) in [4.78, 5) is 26.7. The number of fused-ring (bicyclic) bond motifs is 3. The van der Waals surface area contributed by atoms with E-state index in [2.05, 4.69) is 34.6 Å². The molecule has 1 aliphatic carbocycles. The second kappa shape index (κ2) is 8.92. The van der Waals surface area contributed by atoms with E-state index in [1.807, 2.05) is 30.3 Å². The van der Waals surface area contributed by atoms with E-state index >= 15 is 0 Å². The fourth-order valence-corrected chi connectivity index (χ4v) is 4.19. The molecule has 3 aromatic rings. The molecule has 152 valence electrons. The molecule has 6 nitrogen and oxygen atoms in total. The lowest BCUT2D eigenvalue weighted by Crippen LogP contribution is -2.26.